The minimum Gasteiger partial charge on any atom is -0.406 e. The van der Waals surface area contributed by atoms with Crippen LogP contribution in [0, 0.1) is 6.92 Å². The van der Waals surface area contributed by atoms with Crippen LogP contribution in [-0.2, 0) is 0 Å². The highest BCUT2D eigenvalue weighted by atomic mass is 19.4. The van der Waals surface area contributed by atoms with Crippen molar-refractivity contribution in [3.05, 3.63) is 54.2 Å². The molecule has 26 heavy (non-hydrogen) atoms. The number of rotatable bonds is 4. The van der Waals surface area contributed by atoms with E-state index < -0.39 is 6.36 Å². The Kier molecular flexibility index (Phi) is 4.63. The van der Waals surface area contributed by atoms with Gasteiger partial charge in [-0.05, 0) is 42.8 Å². The van der Waals surface area contributed by atoms with E-state index in [0.717, 1.165) is 22.0 Å². The zero-order valence-electron chi connectivity index (χ0n) is 14.6. The predicted octanol–water partition coefficient (Wildman–Crippen LogP) is 5.25. The summed E-state index contributed by atoms with van der Waals surface area (Å²) in [5.74, 6) is 0.370. The number of ether oxygens (including phenoxy) is 1. The van der Waals surface area contributed by atoms with Crippen LogP contribution in [0.3, 0.4) is 0 Å². The van der Waals surface area contributed by atoms with Crippen molar-refractivity contribution in [1.29, 1.82) is 0 Å². The molecule has 0 amide bonds. The molecule has 0 aliphatic heterocycles. The number of hydrogen-bond acceptors (Lipinski definition) is 4. The Balaban J connectivity index is 1.93. The largest absolute Gasteiger partial charge is 0.573 e. The van der Waals surface area contributed by atoms with E-state index in [1.54, 1.807) is 6.20 Å². The van der Waals surface area contributed by atoms with Crippen LogP contribution in [0.5, 0.6) is 5.75 Å². The van der Waals surface area contributed by atoms with Crippen LogP contribution in [0.15, 0.2) is 48.7 Å². The molecule has 0 atom stereocenters. The average molecular weight is 361 g/mol. The van der Waals surface area contributed by atoms with E-state index in [-0.39, 0.29) is 5.75 Å². The monoisotopic (exact) mass is 361 g/mol. The second kappa shape index (κ2) is 6.74. The van der Waals surface area contributed by atoms with E-state index in [9.17, 15) is 13.2 Å². The van der Waals surface area contributed by atoms with Crippen molar-refractivity contribution >= 4 is 28.0 Å². The Morgan fingerprint density at radius 3 is 2.27 bits per heavy atom. The van der Waals surface area contributed by atoms with E-state index in [1.165, 1.54) is 24.3 Å². The summed E-state index contributed by atoms with van der Waals surface area (Å²) >= 11 is 0. The highest BCUT2D eigenvalue weighted by Gasteiger charge is 2.30. The molecule has 0 aliphatic rings. The van der Waals surface area contributed by atoms with Crippen LogP contribution >= 0.6 is 0 Å². The van der Waals surface area contributed by atoms with Crippen molar-refractivity contribution in [3.8, 4) is 5.75 Å². The normalized spacial score (nSPS) is 11.5. The summed E-state index contributed by atoms with van der Waals surface area (Å²) in [7, 11) is 3.96. The summed E-state index contributed by atoms with van der Waals surface area (Å²) in [6.07, 6.45) is -3.00. The van der Waals surface area contributed by atoms with Crippen molar-refractivity contribution < 1.29 is 17.9 Å². The standard InChI is InChI=1S/C19H18F3N3O/c1-12-4-9-16-15(17(12)25(2)3)10-11-23-18(16)24-13-5-7-14(8-6-13)26-19(20,21)22/h4-11H,1-3H3,(H,23,24). The van der Waals surface area contributed by atoms with Crippen molar-refractivity contribution in [2.75, 3.05) is 24.3 Å². The molecule has 0 spiro atoms. The third-order valence-corrected chi connectivity index (χ3v) is 3.92. The molecule has 3 aromatic rings. The summed E-state index contributed by atoms with van der Waals surface area (Å²) in [5.41, 5.74) is 2.86. The number of benzene rings is 2. The molecule has 0 saturated carbocycles. The zero-order chi connectivity index (χ0) is 18.9. The second-order valence-electron chi connectivity index (χ2n) is 6.08. The minimum absolute atomic E-state index is 0.264. The fourth-order valence-electron chi connectivity index (χ4n) is 2.92. The van der Waals surface area contributed by atoms with Gasteiger partial charge in [0.2, 0.25) is 0 Å². The quantitative estimate of drug-likeness (QED) is 0.689. The molecular formula is C19H18F3N3O. The molecular weight excluding hydrogens is 343 g/mol. The summed E-state index contributed by atoms with van der Waals surface area (Å²) in [6, 6.07) is 11.5. The first kappa shape index (κ1) is 17.8. The summed E-state index contributed by atoms with van der Waals surface area (Å²) in [6.45, 7) is 2.04. The van der Waals surface area contributed by atoms with Gasteiger partial charge in [-0.3, -0.25) is 0 Å². The fourth-order valence-corrected chi connectivity index (χ4v) is 2.92. The maximum atomic E-state index is 12.2. The van der Waals surface area contributed by atoms with Gasteiger partial charge in [-0.15, -0.1) is 13.2 Å². The molecule has 2 aromatic carbocycles. The maximum Gasteiger partial charge on any atom is 0.573 e. The molecule has 0 fully saturated rings. The SMILES string of the molecule is Cc1ccc2c(Nc3ccc(OC(F)(F)F)cc3)nccc2c1N(C)C. The number of halogens is 3. The Bertz CT molecular complexity index is 922. The number of nitrogens with zero attached hydrogens (tertiary/aromatic N) is 2. The van der Waals surface area contributed by atoms with Gasteiger partial charge in [-0.2, -0.15) is 0 Å². The van der Waals surface area contributed by atoms with Crippen LogP contribution in [0.2, 0.25) is 0 Å². The van der Waals surface area contributed by atoms with Crippen molar-refractivity contribution in [2.24, 2.45) is 0 Å². The molecule has 0 bridgehead atoms. The number of hydrogen-bond donors (Lipinski definition) is 1. The second-order valence-corrected chi connectivity index (χ2v) is 6.08. The van der Waals surface area contributed by atoms with Gasteiger partial charge >= 0.3 is 6.36 Å². The van der Waals surface area contributed by atoms with Crippen LogP contribution in [0.4, 0.5) is 30.4 Å². The molecule has 136 valence electrons. The number of nitrogens with one attached hydrogen (secondary N) is 1. The van der Waals surface area contributed by atoms with Gasteiger partial charge < -0.3 is 15.0 Å². The first-order valence-corrected chi connectivity index (χ1v) is 7.93. The number of fused-ring (bicyclic) bond motifs is 1. The van der Waals surface area contributed by atoms with Gasteiger partial charge in [0.1, 0.15) is 11.6 Å². The van der Waals surface area contributed by atoms with Crippen LogP contribution in [0.25, 0.3) is 10.8 Å². The molecule has 1 heterocycles. The Morgan fingerprint density at radius 2 is 1.65 bits per heavy atom. The number of aryl methyl sites for hydroxylation is 1. The molecule has 7 heteroatoms. The van der Waals surface area contributed by atoms with Crippen LogP contribution in [0.1, 0.15) is 5.56 Å². The highest BCUT2D eigenvalue weighted by Crippen LogP contribution is 2.33. The topological polar surface area (TPSA) is 37.4 Å². The third kappa shape index (κ3) is 3.82. The molecule has 3 rings (SSSR count). The van der Waals surface area contributed by atoms with E-state index in [2.05, 4.69) is 15.0 Å². The van der Waals surface area contributed by atoms with Gasteiger partial charge in [0.25, 0.3) is 0 Å². The Hall–Kier alpha value is -2.96. The first-order chi connectivity index (χ1) is 12.2. The number of aromatic nitrogens is 1. The van der Waals surface area contributed by atoms with Gasteiger partial charge in [-0.25, -0.2) is 4.98 Å². The number of pyridine rings is 1. The molecule has 4 nitrogen and oxygen atoms in total. The van der Waals surface area contributed by atoms with Crippen LogP contribution in [-0.4, -0.2) is 25.4 Å². The van der Waals surface area contributed by atoms with Crippen molar-refractivity contribution in [1.82, 2.24) is 4.98 Å². The van der Waals surface area contributed by atoms with Crippen molar-refractivity contribution in [2.45, 2.75) is 13.3 Å². The highest BCUT2D eigenvalue weighted by molar-refractivity contribution is 6.02. The first-order valence-electron chi connectivity index (χ1n) is 7.93. The van der Waals surface area contributed by atoms with E-state index in [1.807, 2.05) is 44.1 Å². The lowest BCUT2D eigenvalue weighted by atomic mass is 10.0. The Morgan fingerprint density at radius 1 is 0.962 bits per heavy atom. The van der Waals surface area contributed by atoms with E-state index >= 15 is 0 Å². The van der Waals surface area contributed by atoms with Gasteiger partial charge in [0, 0.05) is 42.4 Å². The van der Waals surface area contributed by atoms with Gasteiger partial charge in [0.05, 0.1) is 0 Å². The minimum atomic E-state index is -4.70. The fraction of sp³-hybridized carbons (Fsp3) is 0.211. The molecule has 1 N–H and O–H groups in total. The molecule has 0 aliphatic carbocycles. The zero-order valence-corrected chi connectivity index (χ0v) is 14.6. The van der Waals surface area contributed by atoms with E-state index in [0.29, 0.717) is 11.5 Å². The average Bonchev–Trinajstić information content (AvgIpc) is 2.55. The lowest BCUT2D eigenvalue weighted by Crippen LogP contribution is -2.16. The summed E-state index contributed by atoms with van der Waals surface area (Å²) in [5, 5.41) is 5.13. The lowest BCUT2D eigenvalue weighted by molar-refractivity contribution is -0.274. The van der Waals surface area contributed by atoms with E-state index in [4.69, 9.17) is 0 Å². The predicted molar refractivity (Wildman–Crippen MR) is 97.2 cm³/mol. The molecule has 0 radical (unpaired) electrons. The number of anilines is 3. The van der Waals surface area contributed by atoms with Crippen molar-refractivity contribution in [3.63, 3.8) is 0 Å². The summed E-state index contributed by atoms with van der Waals surface area (Å²) < 4.78 is 40.6. The lowest BCUT2D eigenvalue weighted by Gasteiger charge is -2.19. The summed E-state index contributed by atoms with van der Waals surface area (Å²) in [4.78, 5) is 6.42. The maximum absolute atomic E-state index is 12.2. The molecule has 0 unspecified atom stereocenters. The third-order valence-electron chi connectivity index (χ3n) is 3.92. The number of alkyl halides is 3. The molecule has 1 aromatic heterocycles. The Labute approximate surface area is 149 Å². The molecule has 0 saturated heterocycles. The smallest absolute Gasteiger partial charge is 0.406 e. The van der Waals surface area contributed by atoms with Gasteiger partial charge in [0.15, 0.2) is 0 Å². The van der Waals surface area contributed by atoms with Gasteiger partial charge in [-0.1, -0.05) is 12.1 Å². The van der Waals surface area contributed by atoms with Crippen LogP contribution < -0.4 is 15.0 Å².